The molecule has 0 aromatic heterocycles. The van der Waals surface area contributed by atoms with Gasteiger partial charge in [0.05, 0.1) is 13.2 Å². The summed E-state index contributed by atoms with van der Waals surface area (Å²) in [5.74, 6) is -0.298. The average Bonchev–Trinajstić information content (AvgIpc) is 2.13. The molecule has 0 heterocycles. The standard InChI is InChI=1S/C10H19NO3/c1-4-14-10(12)6-5-7-11-9(2)8-13-3/h5-6,9,11H,4,7-8H2,1-3H3/b6-5+. The van der Waals surface area contributed by atoms with Crippen molar-refractivity contribution >= 4 is 5.97 Å². The van der Waals surface area contributed by atoms with Gasteiger partial charge < -0.3 is 14.8 Å². The summed E-state index contributed by atoms with van der Waals surface area (Å²) in [6.45, 7) is 5.51. The lowest BCUT2D eigenvalue weighted by Crippen LogP contribution is -2.30. The summed E-state index contributed by atoms with van der Waals surface area (Å²) in [4.78, 5) is 10.9. The van der Waals surface area contributed by atoms with Gasteiger partial charge in [-0.1, -0.05) is 6.08 Å². The summed E-state index contributed by atoms with van der Waals surface area (Å²) in [5.41, 5.74) is 0. The first kappa shape index (κ1) is 13.1. The van der Waals surface area contributed by atoms with Crippen LogP contribution in [0.2, 0.25) is 0 Å². The molecule has 0 aromatic rings. The lowest BCUT2D eigenvalue weighted by atomic mass is 10.3. The van der Waals surface area contributed by atoms with Crippen molar-refractivity contribution in [2.75, 3.05) is 26.9 Å². The maximum Gasteiger partial charge on any atom is 0.330 e. The third kappa shape index (κ3) is 7.76. The molecule has 0 radical (unpaired) electrons. The number of rotatable bonds is 7. The van der Waals surface area contributed by atoms with Gasteiger partial charge in [-0.2, -0.15) is 0 Å². The summed E-state index contributed by atoms with van der Waals surface area (Å²) >= 11 is 0. The number of hydrogen-bond acceptors (Lipinski definition) is 4. The Balaban J connectivity index is 3.47. The second-order valence-electron chi connectivity index (χ2n) is 2.92. The molecule has 1 N–H and O–H groups in total. The van der Waals surface area contributed by atoms with Gasteiger partial charge in [0.15, 0.2) is 0 Å². The van der Waals surface area contributed by atoms with E-state index in [9.17, 15) is 4.79 Å². The van der Waals surface area contributed by atoms with E-state index in [1.165, 1.54) is 6.08 Å². The Hall–Kier alpha value is -0.870. The first-order valence-corrected chi connectivity index (χ1v) is 4.76. The molecule has 0 aliphatic rings. The summed E-state index contributed by atoms with van der Waals surface area (Å²) in [5, 5.41) is 3.16. The number of carbonyl (C=O) groups is 1. The lowest BCUT2D eigenvalue weighted by Gasteiger charge is -2.09. The molecule has 0 amide bonds. The van der Waals surface area contributed by atoms with Gasteiger partial charge in [-0.25, -0.2) is 4.79 Å². The normalized spacial score (nSPS) is 13.1. The molecule has 4 nitrogen and oxygen atoms in total. The van der Waals surface area contributed by atoms with E-state index in [-0.39, 0.29) is 12.0 Å². The maximum absolute atomic E-state index is 10.9. The first-order chi connectivity index (χ1) is 6.70. The summed E-state index contributed by atoms with van der Waals surface area (Å²) in [6.07, 6.45) is 3.17. The lowest BCUT2D eigenvalue weighted by molar-refractivity contribution is -0.137. The maximum atomic E-state index is 10.9. The molecule has 0 fully saturated rings. The fourth-order valence-electron chi connectivity index (χ4n) is 0.924. The van der Waals surface area contributed by atoms with Gasteiger partial charge in [-0.15, -0.1) is 0 Å². The molecule has 4 heteroatoms. The molecule has 0 rings (SSSR count). The van der Waals surface area contributed by atoms with Crippen LogP contribution in [0.15, 0.2) is 12.2 Å². The predicted octanol–water partition coefficient (Wildman–Crippen LogP) is 0.730. The van der Waals surface area contributed by atoms with E-state index in [1.54, 1.807) is 20.1 Å². The van der Waals surface area contributed by atoms with Crippen LogP contribution >= 0.6 is 0 Å². The van der Waals surface area contributed by atoms with Gasteiger partial charge in [0, 0.05) is 25.8 Å². The highest BCUT2D eigenvalue weighted by atomic mass is 16.5. The molecule has 1 unspecified atom stereocenters. The molecule has 0 bridgehead atoms. The molecule has 82 valence electrons. The topological polar surface area (TPSA) is 47.6 Å². The molecule has 0 saturated heterocycles. The smallest absolute Gasteiger partial charge is 0.330 e. The largest absolute Gasteiger partial charge is 0.463 e. The zero-order valence-electron chi connectivity index (χ0n) is 9.08. The monoisotopic (exact) mass is 201 g/mol. The van der Waals surface area contributed by atoms with Crippen LogP contribution in [-0.4, -0.2) is 38.9 Å². The number of carbonyl (C=O) groups excluding carboxylic acids is 1. The van der Waals surface area contributed by atoms with Crippen LogP contribution in [0, 0.1) is 0 Å². The quantitative estimate of drug-likeness (QED) is 0.487. The van der Waals surface area contributed by atoms with Crippen LogP contribution in [0.3, 0.4) is 0 Å². The fourth-order valence-corrected chi connectivity index (χ4v) is 0.924. The Morgan fingerprint density at radius 2 is 2.29 bits per heavy atom. The first-order valence-electron chi connectivity index (χ1n) is 4.76. The highest BCUT2D eigenvalue weighted by Crippen LogP contribution is 1.83. The van der Waals surface area contributed by atoms with Crippen LogP contribution in [-0.2, 0) is 14.3 Å². The summed E-state index contributed by atoms with van der Waals surface area (Å²) in [7, 11) is 1.66. The molecular formula is C10H19NO3. The molecule has 1 atom stereocenters. The number of nitrogens with one attached hydrogen (secondary N) is 1. The highest BCUT2D eigenvalue weighted by molar-refractivity contribution is 5.81. The van der Waals surface area contributed by atoms with E-state index in [0.29, 0.717) is 19.8 Å². The van der Waals surface area contributed by atoms with Crippen LogP contribution in [0.1, 0.15) is 13.8 Å². The van der Waals surface area contributed by atoms with E-state index in [2.05, 4.69) is 5.32 Å². The molecule has 0 aliphatic carbocycles. The van der Waals surface area contributed by atoms with Gasteiger partial charge in [-0.05, 0) is 13.8 Å². The van der Waals surface area contributed by atoms with Gasteiger partial charge in [0.25, 0.3) is 0 Å². The van der Waals surface area contributed by atoms with Crippen molar-refractivity contribution in [2.24, 2.45) is 0 Å². The zero-order chi connectivity index (χ0) is 10.8. The molecule has 0 aromatic carbocycles. The van der Waals surface area contributed by atoms with Gasteiger partial charge in [0.1, 0.15) is 0 Å². The average molecular weight is 201 g/mol. The molecule has 0 saturated carbocycles. The Bertz CT molecular complexity index is 180. The van der Waals surface area contributed by atoms with Crippen molar-refractivity contribution in [3.8, 4) is 0 Å². The van der Waals surface area contributed by atoms with Gasteiger partial charge in [0.2, 0.25) is 0 Å². The van der Waals surface area contributed by atoms with Crippen LogP contribution in [0.4, 0.5) is 0 Å². The van der Waals surface area contributed by atoms with Crippen LogP contribution < -0.4 is 5.32 Å². The van der Waals surface area contributed by atoms with E-state index in [4.69, 9.17) is 9.47 Å². The predicted molar refractivity (Wildman–Crippen MR) is 55.1 cm³/mol. The zero-order valence-corrected chi connectivity index (χ0v) is 9.08. The number of esters is 1. The Labute approximate surface area is 85.3 Å². The van der Waals surface area contributed by atoms with Crippen LogP contribution in [0.5, 0.6) is 0 Å². The highest BCUT2D eigenvalue weighted by Gasteiger charge is 1.97. The van der Waals surface area contributed by atoms with Crippen molar-refractivity contribution in [1.82, 2.24) is 5.32 Å². The third-order valence-electron chi connectivity index (χ3n) is 1.54. The summed E-state index contributed by atoms with van der Waals surface area (Å²) in [6, 6.07) is 0.284. The van der Waals surface area contributed by atoms with Crippen molar-refractivity contribution < 1.29 is 14.3 Å². The fraction of sp³-hybridized carbons (Fsp3) is 0.700. The van der Waals surface area contributed by atoms with Crippen LogP contribution in [0.25, 0.3) is 0 Å². The minimum atomic E-state index is -0.298. The van der Waals surface area contributed by atoms with Crippen molar-refractivity contribution in [1.29, 1.82) is 0 Å². The third-order valence-corrected chi connectivity index (χ3v) is 1.54. The Kier molecular flexibility index (Phi) is 8.17. The van der Waals surface area contributed by atoms with Crippen molar-refractivity contribution in [3.05, 3.63) is 12.2 Å². The SMILES string of the molecule is CCOC(=O)/C=C/CNC(C)COC. The van der Waals surface area contributed by atoms with E-state index >= 15 is 0 Å². The number of ether oxygens (including phenoxy) is 2. The summed E-state index contributed by atoms with van der Waals surface area (Å²) < 4.78 is 9.66. The minimum Gasteiger partial charge on any atom is -0.463 e. The van der Waals surface area contributed by atoms with Gasteiger partial charge >= 0.3 is 5.97 Å². The van der Waals surface area contributed by atoms with E-state index in [0.717, 1.165) is 0 Å². The molecule has 14 heavy (non-hydrogen) atoms. The van der Waals surface area contributed by atoms with E-state index in [1.807, 2.05) is 6.92 Å². The molecule has 0 aliphatic heterocycles. The van der Waals surface area contributed by atoms with Crippen molar-refractivity contribution in [3.63, 3.8) is 0 Å². The molecule has 0 spiro atoms. The van der Waals surface area contributed by atoms with E-state index < -0.39 is 0 Å². The second-order valence-corrected chi connectivity index (χ2v) is 2.92. The number of hydrogen-bond donors (Lipinski definition) is 1. The second kappa shape index (κ2) is 8.72. The van der Waals surface area contributed by atoms with Crippen molar-refractivity contribution in [2.45, 2.75) is 19.9 Å². The van der Waals surface area contributed by atoms with Gasteiger partial charge in [-0.3, -0.25) is 0 Å². The minimum absolute atomic E-state index is 0.284. The molecular weight excluding hydrogens is 182 g/mol. The Morgan fingerprint density at radius 1 is 1.57 bits per heavy atom. The number of methoxy groups -OCH3 is 1. The Morgan fingerprint density at radius 3 is 2.86 bits per heavy atom.